The van der Waals surface area contributed by atoms with E-state index in [9.17, 15) is 4.79 Å². The van der Waals surface area contributed by atoms with Crippen LogP contribution in [0.3, 0.4) is 0 Å². The Morgan fingerprint density at radius 1 is 1.33 bits per heavy atom. The summed E-state index contributed by atoms with van der Waals surface area (Å²) in [7, 11) is 0. The molecule has 1 aliphatic carbocycles. The zero-order valence-electron chi connectivity index (χ0n) is 17.5. The third kappa shape index (κ3) is 3.16. The maximum Gasteiger partial charge on any atom is 0.258 e. The van der Waals surface area contributed by atoms with Gasteiger partial charge in [-0.3, -0.25) is 9.78 Å². The van der Waals surface area contributed by atoms with E-state index >= 15 is 0 Å². The first-order valence-corrected chi connectivity index (χ1v) is 10.4. The van der Waals surface area contributed by atoms with Crippen molar-refractivity contribution in [2.75, 3.05) is 18.5 Å². The number of carbonyl (C=O) groups excluding carboxylic acids is 1. The number of hydrogen-bond acceptors (Lipinski definition) is 7. The number of anilines is 1. The molecule has 0 radical (unpaired) electrons. The van der Waals surface area contributed by atoms with Crippen LogP contribution in [-0.4, -0.2) is 44.4 Å². The number of furan rings is 1. The van der Waals surface area contributed by atoms with Crippen LogP contribution in [0, 0.1) is 6.92 Å². The molecule has 3 aromatic heterocycles. The van der Waals surface area contributed by atoms with Crippen LogP contribution in [0.1, 0.15) is 54.1 Å². The summed E-state index contributed by atoms with van der Waals surface area (Å²) in [4.78, 5) is 28.6. The van der Waals surface area contributed by atoms with Crippen LogP contribution < -0.4 is 10.1 Å². The number of pyridine rings is 1. The lowest BCUT2D eigenvalue weighted by atomic mass is 10.0. The van der Waals surface area contributed by atoms with E-state index in [2.05, 4.69) is 27.2 Å². The molecular weight excluding hydrogens is 382 g/mol. The number of fused-ring (bicyclic) bond motifs is 2. The Kier molecular flexibility index (Phi) is 4.38. The molecule has 4 heterocycles. The predicted octanol–water partition coefficient (Wildman–Crippen LogP) is 3.49. The third-order valence-corrected chi connectivity index (χ3v) is 5.96. The van der Waals surface area contributed by atoms with Gasteiger partial charge in [-0.05, 0) is 46.1 Å². The normalized spacial score (nSPS) is 17.0. The molecule has 5 rings (SSSR count). The van der Waals surface area contributed by atoms with Crippen molar-refractivity contribution in [3.63, 3.8) is 0 Å². The van der Waals surface area contributed by atoms with E-state index < -0.39 is 0 Å². The summed E-state index contributed by atoms with van der Waals surface area (Å²) in [5, 5.41) is 4.14. The van der Waals surface area contributed by atoms with Crippen molar-refractivity contribution in [2.45, 2.75) is 52.1 Å². The molecule has 1 amide bonds. The number of aryl methyl sites for hydroxylation is 1. The van der Waals surface area contributed by atoms with Crippen molar-refractivity contribution in [1.29, 1.82) is 0 Å². The summed E-state index contributed by atoms with van der Waals surface area (Å²) in [6.45, 7) is 7.56. The highest BCUT2D eigenvalue weighted by atomic mass is 16.5. The maximum atomic E-state index is 13.6. The largest absolute Gasteiger partial charge is 0.493 e. The molecule has 0 aromatic carbocycles. The molecule has 2 aliphatic rings. The van der Waals surface area contributed by atoms with Gasteiger partial charge in [0.25, 0.3) is 5.91 Å². The van der Waals surface area contributed by atoms with Gasteiger partial charge in [0.05, 0.1) is 29.8 Å². The Morgan fingerprint density at radius 2 is 2.17 bits per heavy atom. The smallest absolute Gasteiger partial charge is 0.258 e. The Balaban J connectivity index is 1.50. The summed E-state index contributed by atoms with van der Waals surface area (Å²) in [5.74, 6) is 1.99. The van der Waals surface area contributed by atoms with Gasteiger partial charge in [-0.15, -0.1) is 0 Å². The van der Waals surface area contributed by atoms with Crippen molar-refractivity contribution in [1.82, 2.24) is 19.9 Å². The second-order valence-corrected chi connectivity index (χ2v) is 8.27. The van der Waals surface area contributed by atoms with Crippen LogP contribution in [0.15, 0.2) is 23.0 Å². The van der Waals surface area contributed by atoms with E-state index in [1.165, 1.54) is 6.33 Å². The number of nitrogens with one attached hydrogen (secondary N) is 1. The highest BCUT2D eigenvalue weighted by Crippen LogP contribution is 2.40. The molecule has 1 N–H and O–H groups in total. The molecule has 156 valence electrons. The fourth-order valence-electron chi connectivity index (χ4n) is 4.04. The van der Waals surface area contributed by atoms with Crippen molar-refractivity contribution < 1.29 is 13.9 Å². The highest BCUT2D eigenvalue weighted by Gasteiger charge is 2.39. The second-order valence-electron chi connectivity index (χ2n) is 8.27. The summed E-state index contributed by atoms with van der Waals surface area (Å²) < 4.78 is 11.6. The monoisotopic (exact) mass is 407 g/mol. The van der Waals surface area contributed by atoms with Gasteiger partial charge in [0, 0.05) is 23.8 Å². The van der Waals surface area contributed by atoms with E-state index in [-0.39, 0.29) is 11.4 Å². The fraction of sp³-hybridized carbons (Fsp3) is 0.455. The molecule has 8 nitrogen and oxygen atoms in total. The molecule has 30 heavy (non-hydrogen) atoms. The minimum atomic E-state index is -0.0840. The van der Waals surface area contributed by atoms with E-state index in [1.54, 1.807) is 13.1 Å². The van der Waals surface area contributed by atoms with Crippen LogP contribution in [0.2, 0.25) is 0 Å². The van der Waals surface area contributed by atoms with Gasteiger partial charge in [-0.1, -0.05) is 0 Å². The first-order valence-electron chi connectivity index (χ1n) is 10.4. The van der Waals surface area contributed by atoms with Gasteiger partial charge >= 0.3 is 0 Å². The van der Waals surface area contributed by atoms with Gasteiger partial charge in [0.2, 0.25) is 5.71 Å². The number of nitrogens with zero attached hydrogens (tertiary/aromatic N) is 4. The Morgan fingerprint density at radius 3 is 2.93 bits per heavy atom. The standard InChI is InChI=1S/C22H25N5O3/c1-4-29-16-5-9-23-15-11-27(10-6-14(15)16)21(28)17-13(2)30-20-18(17)19(24-12-25-20)26-22(3)7-8-22/h5,9,12H,4,6-8,10-11H2,1-3H3,(H,24,25,26). The predicted molar refractivity (Wildman–Crippen MR) is 112 cm³/mol. The van der Waals surface area contributed by atoms with Crippen LogP contribution in [0.4, 0.5) is 5.82 Å². The summed E-state index contributed by atoms with van der Waals surface area (Å²) >= 11 is 0. The van der Waals surface area contributed by atoms with Gasteiger partial charge < -0.3 is 19.4 Å². The SMILES string of the molecule is CCOc1ccnc2c1CCN(C(=O)c1c(C)oc3ncnc(NC4(C)CC4)c13)C2. The van der Waals surface area contributed by atoms with Crippen molar-refractivity contribution in [2.24, 2.45) is 0 Å². The molecule has 1 fully saturated rings. The maximum absolute atomic E-state index is 13.6. The van der Waals surface area contributed by atoms with E-state index in [1.807, 2.05) is 17.9 Å². The van der Waals surface area contributed by atoms with E-state index in [4.69, 9.17) is 9.15 Å². The van der Waals surface area contributed by atoms with Crippen LogP contribution in [-0.2, 0) is 13.0 Å². The number of amides is 1. The lowest BCUT2D eigenvalue weighted by molar-refractivity contribution is 0.0730. The summed E-state index contributed by atoms with van der Waals surface area (Å²) in [5.41, 5.74) is 2.96. The lowest BCUT2D eigenvalue weighted by Crippen LogP contribution is -2.37. The van der Waals surface area contributed by atoms with Crippen LogP contribution in [0.5, 0.6) is 5.75 Å². The number of rotatable bonds is 5. The Bertz CT molecular complexity index is 1140. The van der Waals surface area contributed by atoms with Gasteiger partial charge in [0.1, 0.15) is 23.7 Å². The van der Waals surface area contributed by atoms with Gasteiger partial charge in [-0.25, -0.2) is 9.97 Å². The molecule has 0 atom stereocenters. The average Bonchev–Trinajstić information content (AvgIpc) is 3.35. The molecule has 0 unspecified atom stereocenters. The van der Waals surface area contributed by atoms with Crippen LogP contribution in [0.25, 0.3) is 11.1 Å². The quantitative estimate of drug-likeness (QED) is 0.692. The molecule has 0 saturated heterocycles. The van der Waals surface area contributed by atoms with Gasteiger partial charge in [0.15, 0.2) is 0 Å². The van der Waals surface area contributed by atoms with E-state index in [0.717, 1.165) is 29.8 Å². The number of carbonyl (C=O) groups is 1. The topological polar surface area (TPSA) is 93.4 Å². The molecule has 1 aliphatic heterocycles. The summed E-state index contributed by atoms with van der Waals surface area (Å²) in [6.07, 6.45) is 6.08. The number of hydrogen-bond donors (Lipinski definition) is 1. The molecule has 3 aromatic rings. The first kappa shape index (κ1) is 18.8. The summed E-state index contributed by atoms with van der Waals surface area (Å²) in [6, 6.07) is 1.89. The molecule has 0 spiro atoms. The Labute approximate surface area is 174 Å². The van der Waals surface area contributed by atoms with E-state index in [0.29, 0.717) is 54.4 Å². The van der Waals surface area contributed by atoms with Gasteiger partial charge in [-0.2, -0.15) is 0 Å². The Hall–Kier alpha value is -3.16. The minimum Gasteiger partial charge on any atom is -0.493 e. The average molecular weight is 407 g/mol. The fourth-order valence-corrected chi connectivity index (χ4v) is 4.04. The molecule has 1 saturated carbocycles. The number of aromatic nitrogens is 3. The molecular formula is C22H25N5O3. The zero-order valence-corrected chi connectivity index (χ0v) is 17.5. The van der Waals surface area contributed by atoms with Crippen LogP contribution >= 0.6 is 0 Å². The van der Waals surface area contributed by atoms with Crippen molar-refractivity contribution >= 4 is 22.8 Å². The van der Waals surface area contributed by atoms with Crippen molar-refractivity contribution in [3.05, 3.63) is 41.2 Å². The van der Waals surface area contributed by atoms with Crippen molar-refractivity contribution in [3.8, 4) is 5.75 Å². The highest BCUT2D eigenvalue weighted by molar-refractivity contribution is 6.10. The number of ether oxygens (including phenoxy) is 1. The lowest BCUT2D eigenvalue weighted by Gasteiger charge is -2.29. The second kappa shape index (κ2) is 6.97. The zero-order chi connectivity index (χ0) is 20.9. The third-order valence-electron chi connectivity index (χ3n) is 5.96. The first-order chi connectivity index (χ1) is 14.5. The molecule has 8 heteroatoms. The molecule has 0 bridgehead atoms. The minimum absolute atomic E-state index is 0.0242.